The van der Waals surface area contributed by atoms with Crippen LogP contribution in [0.5, 0.6) is 11.5 Å². The normalized spacial score (nSPS) is 44.7. The fourth-order valence-electron chi connectivity index (χ4n) is 19.8. The van der Waals surface area contributed by atoms with Crippen LogP contribution in [0.15, 0.2) is 103 Å². The van der Waals surface area contributed by atoms with E-state index in [-0.39, 0.29) is 108 Å². The molecule has 428 valence electrons. The summed E-state index contributed by atoms with van der Waals surface area (Å²) in [5.74, 6) is -1.93. The minimum atomic E-state index is -2.38. The highest BCUT2D eigenvalue weighted by atomic mass is 16.7. The third-order valence-corrected chi connectivity index (χ3v) is 22.7. The van der Waals surface area contributed by atoms with Crippen LogP contribution in [-0.4, -0.2) is 123 Å². The van der Waals surface area contributed by atoms with Gasteiger partial charge in [-0.2, -0.15) is 0 Å². The van der Waals surface area contributed by atoms with Crippen LogP contribution >= 0.6 is 0 Å². The van der Waals surface area contributed by atoms with Crippen LogP contribution in [0, 0.1) is 87.3 Å². The van der Waals surface area contributed by atoms with Crippen molar-refractivity contribution in [1.82, 2.24) is 5.32 Å². The highest BCUT2D eigenvalue weighted by molar-refractivity contribution is 5.94. The Labute approximate surface area is 469 Å². The van der Waals surface area contributed by atoms with E-state index < -0.39 is 65.8 Å². The summed E-state index contributed by atoms with van der Waals surface area (Å²) in [6.45, 7) is 6.36. The number of esters is 2. The van der Waals surface area contributed by atoms with Gasteiger partial charge < -0.3 is 60.0 Å². The quantitative estimate of drug-likeness (QED) is 0.0501. The second-order valence-electron chi connectivity index (χ2n) is 26.4. The molecule has 0 aromatic heterocycles. The van der Waals surface area contributed by atoms with Gasteiger partial charge in [0.1, 0.15) is 12.2 Å². The third kappa shape index (κ3) is 8.06. The number of aliphatic hydroxyl groups is 6. The molecule has 2 heterocycles. The first kappa shape index (κ1) is 54.4. The summed E-state index contributed by atoms with van der Waals surface area (Å²) in [6.07, 6.45) is 22.7. The molecule has 2 aliphatic heterocycles. The molecule has 3 spiro atoms. The zero-order valence-electron chi connectivity index (χ0n) is 46.4. The monoisotopic (exact) mass is 1100 g/mol. The van der Waals surface area contributed by atoms with Crippen molar-refractivity contribution >= 4 is 18.0 Å². The maximum Gasteiger partial charge on any atom is 0.334 e. The predicted octanol–water partition coefficient (Wildman–Crippen LogP) is 6.65. The number of hydrogen-bond acceptors (Lipinski definition) is 14. The minimum absolute atomic E-state index is 0.0177. The fourth-order valence-corrected chi connectivity index (χ4v) is 19.8. The molecule has 5 fully saturated rings. The van der Waals surface area contributed by atoms with Crippen molar-refractivity contribution in [2.45, 2.75) is 133 Å². The van der Waals surface area contributed by atoms with Crippen LogP contribution in [0.1, 0.15) is 93.9 Å². The zero-order chi connectivity index (χ0) is 55.8. The first-order chi connectivity index (χ1) is 38.5. The van der Waals surface area contributed by atoms with E-state index >= 15 is 9.59 Å². The molecule has 2 aromatic rings. The SMILES string of the molecule is COc1cc(C=C(CC2c3cc(CCO)ccc3CCC2CO)C(=O)OC2C(OC(=O)CCC3C4C=CC56C(CC7C=CC5C58C=CC(CC(C)C5C5C=CC36C7C5O)C8)C4C)C(O)C3OC2(O)C=CC3NCC(C)O)ccc1O. The highest BCUT2D eigenvalue weighted by Gasteiger charge is 2.80. The van der Waals surface area contributed by atoms with E-state index in [1.807, 2.05) is 18.2 Å². The predicted molar refractivity (Wildman–Crippen MR) is 297 cm³/mol. The number of ether oxygens (including phenoxy) is 4. The van der Waals surface area contributed by atoms with Crippen molar-refractivity contribution in [2.75, 3.05) is 26.9 Å². The van der Waals surface area contributed by atoms with Gasteiger partial charge in [0.15, 0.2) is 23.7 Å². The Morgan fingerprint density at radius 3 is 2.51 bits per heavy atom. The third-order valence-electron chi connectivity index (χ3n) is 22.7. The molecule has 24 atom stereocenters. The maximum atomic E-state index is 15.3. The van der Waals surface area contributed by atoms with Gasteiger partial charge in [0.05, 0.1) is 25.4 Å². The van der Waals surface area contributed by atoms with E-state index in [0.29, 0.717) is 60.8 Å². The Bertz CT molecular complexity index is 2960. The smallest absolute Gasteiger partial charge is 0.334 e. The Balaban J connectivity index is 0.839. The lowest BCUT2D eigenvalue weighted by Crippen LogP contribution is -2.75. The molecule has 14 aliphatic rings. The lowest BCUT2D eigenvalue weighted by molar-refractivity contribution is -0.333. The summed E-state index contributed by atoms with van der Waals surface area (Å²) in [6, 6.07) is 9.96. The number of carbonyl (C=O) groups excluding carboxylic acids is 2. The molecule has 12 aliphatic carbocycles. The lowest BCUT2D eigenvalue weighted by atomic mass is 9.25. The summed E-state index contributed by atoms with van der Waals surface area (Å²) in [4.78, 5) is 30.4. The summed E-state index contributed by atoms with van der Waals surface area (Å²) in [5.41, 5.74) is 2.71. The van der Waals surface area contributed by atoms with Gasteiger partial charge in [-0.05, 0) is 175 Å². The first-order valence-electron chi connectivity index (χ1n) is 29.9. The number of allylic oxidation sites excluding steroid dienone is 7. The number of hydrogen-bond donors (Lipinski definition) is 8. The van der Waals surface area contributed by atoms with Crippen molar-refractivity contribution in [1.29, 1.82) is 0 Å². The number of benzene rings is 2. The molecular formula is C66H81NO13. The van der Waals surface area contributed by atoms with Gasteiger partial charge >= 0.3 is 11.9 Å². The van der Waals surface area contributed by atoms with E-state index in [4.69, 9.17) is 18.9 Å². The van der Waals surface area contributed by atoms with Crippen LogP contribution in [0.4, 0.5) is 0 Å². The fraction of sp³-hybridized carbons (Fsp3) is 0.606. The van der Waals surface area contributed by atoms with Crippen LogP contribution in [-0.2, 0) is 36.6 Å². The number of aromatic hydroxyl groups is 1. The van der Waals surface area contributed by atoms with Crippen molar-refractivity contribution in [3.8, 4) is 11.5 Å². The van der Waals surface area contributed by atoms with Gasteiger partial charge in [-0.15, -0.1) is 0 Å². The van der Waals surface area contributed by atoms with Gasteiger partial charge in [-0.1, -0.05) is 92.8 Å². The van der Waals surface area contributed by atoms with Crippen molar-refractivity contribution in [3.63, 3.8) is 0 Å². The molecule has 80 heavy (non-hydrogen) atoms. The number of rotatable bonds is 16. The van der Waals surface area contributed by atoms with E-state index in [1.165, 1.54) is 19.3 Å². The van der Waals surface area contributed by atoms with Crippen molar-refractivity contribution < 1.29 is 64.3 Å². The number of phenols is 1. The van der Waals surface area contributed by atoms with Gasteiger partial charge in [0.2, 0.25) is 5.79 Å². The number of phenolic OH excluding ortho intramolecular Hbond substituents is 1. The molecule has 4 saturated carbocycles. The second-order valence-corrected chi connectivity index (χ2v) is 26.4. The van der Waals surface area contributed by atoms with Crippen molar-refractivity contribution in [2.24, 2.45) is 87.3 Å². The largest absolute Gasteiger partial charge is 0.504 e. The van der Waals surface area contributed by atoms with Crippen LogP contribution in [0.25, 0.3) is 6.08 Å². The molecular weight excluding hydrogens is 1010 g/mol. The molecule has 0 radical (unpaired) electrons. The summed E-state index contributed by atoms with van der Waals surface area (Å²) >= 11 is 0. The van der Waals surface area contributed by atoms with Crippen LogP contribution < -0.4 is 10.1 Å². The van der Waals surface area contributed by atoms with Crippen LogP contribution in [0.3, 0.4) is 0 Å². The Morgan fingerprint density at radius 1 is 0.912 bits per heavy atom. The van der Waals surface area contributed by atoms with E-state index in [9.17, 15) is 35.7 Å². The average molecular weight is 1100 g/mol. The van der Waals surface area contributed by atoms with Gasteiger partial charge in [0, 0.05) is 54.4 Å². The Kier molecular flexibility index (Phi) is 13.7. The first-order valence-corrected chi connectivity index (χ1v) is 29.9. The van der Waals surface area contributed by atoms with E-state index in [0.717, 1.165) is 36.0 Å². The number of aryl methyl sites for hydroxylation is 1. The molecule has 8 N–H and O–H groups in total. The number of nitrogens with one attached hydrogen (secondary N) is 1. The maximum absolute atomic E-state index is 15.3. The Hall–Kier alpha value is -4.90. The average Bonchev–Trinajstić information content (AvgIpc) is 1.21. The highest BCUT2D eigenvalue weighted by Crippen LogP contribution is 2.83. The number of methoxy groups -OCH3 is 1. The summed E-state index contributed by atoms with van der Waals surface area (Å²) < 4.78 is 24.6. The molecule has 2 aromatic carbocycles. The summed E-state index contributed by atoms with van der Waals surface area (Å²) in [5, 5.41) is 83.0. The molecule has 12 bridgehead atoms. The molecule has 1 saturated heterocycles. The second kappa shape index (κ2) is 20.2. The number of fused-ring (bicyclic) bond motifs is 4. The Morgan fingerprint density at radius 2 is 1.73 bits per heavy atom. The molecule has 24 unspecified atom stereocenters. The van der Waals surface area contributed by atoms with Crippen LogP contribution in [0.2, 0.25) is 0 Å². The lowest BCUT2D eigenvalue weighted by Gasteiger charge is -2.78. The van der Waals surface area contributed by atoms with Gasteiger partial charge in [0.25, 0.3) is 0 Å². The standard InChI is InChI=1S/C66H81NO13/c1-34-25-39-15-20-63(31-39)53-13-10-41-30-49-36(3)44-16-21-64(49,53)65(22-17-45(55(34)63)57(73)56(41)65)48(44)11-14-54(72)78-60-58(74)59-50(67-32-35(2)70)18-23-66(76,80-59)61(60)79-62(75)43(26-38-6-12-51(71)52(28-38)77-4)29-47-42(33-69)9-8-40-7-5-37(19-24-68)27-46(40)47/h5-7,10,12-13,15-18,20-23,26-28,34-36,39,41-42,44-45,47-50,53,55-61,67-71,73-74,76H,8-9,11,14,19,24-25,29-33H2,1-4H3. The molecule has 16 rings (SSSR count). The number of carbonyl (C=O) groups is 2. The molecule has 14 nitrogen and oxygen atoms in total. The zero-order valence-corrected chi connectivity index (χ0v) is 46.4. The van der Waals surface area contributed by atoms with E-state index in [1.54, 1.807) is 31.2 Å². The number of aliphatic hydroxyl groups excluding tert-OH is 5. The summed E-state index contributed by atoms with van der Waals surface area (Å²) in [7, 11) is 1.42. The van der Waals surface area contributed by atoms with Gasteiger partial charge in [-0.25, -0.2) is 4.79 Å². The molecule has 14 heteroatoms. The topological polar surface area (TPSA) is 225 Å². The van der Waals surface area contributed by atoms with Gasteiger partial charge in [-0.3, -0.25) is 4.79 Å². The minimum Gasteiger partial charge on any atom is -0.504 e. The molecule has 0 amide bonds. The van der Waals surface area contributed by atoms with E-state index in [2.05, 4.69) is 67.8 Å². The van der Waals surface area contributed by atoms with Crippen molar-refractivity contribution in [3.05, 3.63) is 125 Å².